The molecule has 0 radical (unpaired) electrons. The summed E-state index contributed by atoms with van der Waals surface area (Å²) >= 11 is 0. The van der Waals surface area contributed by atoms with Crippen LogP contribution < -0.4 is 10.5 Å². The number of aryl methyl sites for hydroxylation is 2. The van der Waals surface area contributed by atoms with Gasteiger partial charge in [0.15, 0.2) is 0 Å². The van der Waals surface area contributed by atoms with E-state index in [0.717, 1.165) is 25.1 Å². The highest BCUT2D eigenvalue weighted by molar-refractivity contribution is 5.43. The van der Waals surface area contributed by atoms with Gasteiger partial charge in [-0.15, -0.1) is 0 Å². The summed E-state index contributed by atoms with van der Waals surface area (Å²) in [5, 5.41) is 0. The Morgan fingerprint density at radius 1 is 1.31 bits per heavy atom. The highest BCUT2D eigenvalue weighted by Gasteiger charge is 2.12. The summed E-state index contributed by atoms with van der Waals surface area (Å²) in [5.41, 5.74) is 9.63. The van der Waals surface area contributed by atoms with E-state index in [9.17, 15) is 0 Å². The highest BCUT2D eigenvalue weighted by Crippen LogP contribution is 2.27. The van der Waals surface area contributed by atoms with Crippen LogP contribution in [0.3, 0.4) is 0 Å². The van der Waals surface area contributed by atoms with Crippen LogP contribution in [0.1, 0.15) is 30.0 Å². The molecule has 16 heavy (non-hydrogen) atoms. The zero-order valence-electron chi connectivity index (χ0n) is 10.8. The van der Waals surface area contributed by atoms with Crippen LogP contribution in [0.25, 0.3) is 0 Å². The van der Waals surface area contributed by atoms with Gasteiger partial charge in [0.25, 0.3) is 0 Å². The van der Waals surface area contributed by atoms with Crippen molar-refractivity contribution in [2.75, 3.05) is 13.7 Å². The quantitative estimate of drug-likeness (QED) is 0.829. The smallest absolute Gasteiger partial charge is 0.122 e. The van der Waals surface area contributed by atoms with E-state index in [1.807, 2.05) is 0 Å². The van der Waals surface area contributed by atoms with E-state index in [-0.39, 0.29) is 0 Å². The van der Waals surface area contributed by atoms with Crippen LogP contribution in [-0.4, -0.2) is 13.7 Å². The summed E-state index contributed by atoms with van der Waals surface area (Å²) in [6, 6.07) is 4.31. The van der Waals surface area contributed by atoms with Gasteiger partial charge in [-0.05, 0) is 55.5 Å². The van der Waals surface area contributed by atoms with E-state index in [1.165, 1.54) is 16.7 Å². The van der Waals surface area contributed by atoms with E-state index < -0.39 is 0 Å². The first-order chi connectivity index (χ1) is 7.62. The molecule has 1 rings (SSSR count). The third kappa shape index (κ3) is 2.99. The fraction of sp³-hybridized carbons (Fsp3) is 0.571. The second-order valence-electron chi connectivity index (χ2n) is 4.48. The van der Waals surface area contributed by atoms with E-state index in [0.29, 0.717) is 5.92 Å². The second kappa shape index (κ2) is 5.90. The predicted octanol–water partition coefficient (Wildman–Crippen LogP) is 2.84. The van der Waals surface area contributed by atoms with Crippen molar-refractivity contribution in [1.29, 1.82) is 0 Å². The largest absolute Gasteiger partial charge is 0.496 e. The summed E-state index contributed by atoms with van der Waals surface area (Å²) in [7, 11) is 1.74. The Labute approximate surface area is 98.8 Å². The summed E-state index contributed by atoms with van der Waals surface area (Å²) in [4.78, 5) is 0. The van der Waals surface area contributed by atoms with Gasteiger partial charge >= 0.3 is 0 Å². The topological polar surface area (TPSA) is 35.2 Å². The summed E-state index contributed by atoms with van der Waals surface area (Å²) < 4.78 is 5.46. The number of hydrogen-bond donors (Lipinski definition) is 1. The Bertz CT molecular complexity index is 343. The van der Waals surface area contributed by atoms with Crippen molar-refractivity contribution < 1.29 is 4.74 Å². The number of rotatable bonds is 5. The van der Waals surface area contributed by atoms with E-state index >= 15 is 0 Å². The zero-order valence-corrected chi connectivity index (χ0v) is 10.8. The lowest BCUT2D eigenvalue weighted by Gasteiger charge is -2.17. The molecule has 0 aliphatic carbocycles. The molecule has 0 saturated heterocycles. The first-order valence-electron chi connectivity index (χ1n) is 5.96. The van der Waals surface area contributed by atoms with Gasteiger partial charge in [0.05, 0.1) is 7.11 Å². The van der Waals surface area contributed by atoms with Gasteiger partial charge < -0.3 is 10.5 Å². The maximum atomic E-state index is 5.76. The van der Waals surface area contributed by atoms with Gasteiger partial charge in [-0.3, -0.25) is 0 Å². The molecule has 90 valence electrons. The number of methoxy groups -OCH3 is 1. The van der Waals surface area contributed by atoms with Crippen LogP contribution in [-0.2, 0) is 6.42 Å². The molecule has 2 N–H and O–H groups in total. The Morgan fingerprint density at radius 3 is 2.50 bits per heavy atom. The minimum absolute atomic E-state index is 0.551. The maximum Gasteiger partial charge on any atom is 0.122 e. The van der Waals surface area contributed by atoms with Crippen molar-refractivity contribution in [3.63, 3.8) is 0 Å². The predicted molar refractivity (Wildman–Crippen MR) is 69.0 cm³/mol. The summed E-state index contributed by atoms with van der Waals surface area (Å²) in [6.45, 7) is 7.17. The van der Waals surface area contributed by atoms with Crippen LogP contribution in [0.2, 0.25) is 0 Å². The number of hydrogen-bond acceptors (Lipinski definition) is 2. The Hall–Kier alpha value is -1.02. The first-order valence-corrected chi connectivity index (χ1v) is 5.96. The van der Waals surface area contributed by atoms with Gasteiger partial charge in [-0.2, -0.15) is 0 Å². The zero-order chi connectivity index (χ0) is 12.1. The van der Waals surface area contributed by atoms with E-state index in [4.69, 9.17) is 10.5 Å². The normalized spacial score (nSPS) is 12.6. The molecule has 0 amide bonds. The molecule has 0 heterocycles. The third-order valence-corrected chi connectivity index (χ3v) is 3.20. The lowest BCUT2D eigenvalue weighted by Crippen LogP contribution is -2.16. The molecule has 0 spiro atoms. The summed E-state index contributed by atoms with van der Waals surface area (Å²) in [5.74, 6) is 1.56. The van der Waals surface area contributed by atoms with Crippen molar-refractivity contribution in [3.05, 3.63) is 28.8 Å². The van der Waals surface area contributed by atoms with Crippen molar-refractivity contribution >= 4 is 0 Å². The molecule has 1 atom stereocenters. The first kappa shape index (κ1) is 13.0. The van der Waals surface area contributed by atoms with Gasteiger partial charge in [-0.1, -0.05) is 19.4 Å². The third-order valence-electron chi connectivity index (χ3n) is 3.20. The van der Waals surface area contributed by atoms with Crippen molar-refractivity contribution in [1.82, 2.24) is 0 Å². The van der Waals surface area contributed by atoms with Gasteiger partial charge in [0.2, 0.25) is 0 Å². The Kier molecular flexibility index (Phi) is 4.81. The molecule has 1 aromatic carbocycles. The number of nitrogens with two attached hydrogens (primary N) is 1. The standard InChI is InChI=1S/C14H23NO/c1-5-12(9-15)8-13-11(3)6-10(2)7-14(13)16-4/h6-7,12H,5,8-9,15H2,1-4H3. The lowest BCUT2D eigenvalue weighted by atomic mass is 9.92. The molecule has 0 aliphatic heterocycles. The molecule has 2 nitrogen and oxygen atoms in total. The lowest BCUT2D eigenvalue weighted by molar-refractivity contribution is 0.402. The molecular weight excluding hydrogens is 198 g/mol. The Morgan fingerprint density at radius 2 is 2.00 bits per heavy atom. The molecule has 0 aromatic heterocycles. The van der Waals surface area contributed by atoms with Gasteiger partial charge in [-0.25, -0.2) is 0 Å². The molecule has 0 saturated carbocycles. The molecule has 2 heteroatoms. The van der Waals surface area contributed by atoms with Crippen molar-refractivity contribution in [3.8, 4) is 5.75 Å². The van der Waals surface area contributed by atoms with Crippen LogP contribution >= 0.6 is 0 Å². The maximum absolute atomic E-state index is 5.76. The average Bonchev–Trinajstić information content (AvgIpc) is 2.27. The molecule has 1 unspecified atom stereocenters. The monoisotopic (exact) mass is 221 g/mol. The minimum Gasteiger partial charge on any atom is -0.496 e. The fourth-order valence-corrected chi connectivity index (χ4v) is 2.09. The molecule has 0 fully saturated rings. The summed E-state index contributed by atoms with van der Waals surface area (Å²) in [6.07, 6.45) is 2.13. The Balaban J connectivity index is 3.01. The van der Waals surface area contributed by atoms with Crippen LogP contribution in [0.5, 0.6) is 5.75 Å². The van der Waals surface area contributed by atoms with Gasteiger partial charge in [0, 0.05) is 0 Å². The van der Waals surface area contributed by atoms with Gasteiger partial charge in [0.1, 0.15) is 5.75 Å². The minimum atomic E-state index is 0.551. The fourth-order valence-electron chi connectivity index (χ4n) is 2.09. The van der Waals surface area contributed by atoms with Crippen molar-refractivity contribution in [2.24, 2.45) is 11.7 Å². The van der Waals surface area contributed by atoms with Crippen LogP contribution in [0, 0.1) is 19.8 Å². The SMILES string of the molecule is CCC(CN)Cc1c(C)cc(C)cc1OC. The van der Waals surface area contributed by atoms with E-state index in [2.05, 4.69) is 32.9 Å². The average molecular weight is 221 g/mol. The van der Waals surface area contributed by atoms with Crippen molar-refractivity contribution in [2.45, 2.75) is 33.6 Å². The van der Waals surface area contributed by atoms with E-state index in [1.54, 1.807) is 7.11 Å². The highest BCUT2D eigenvalue weighted by atomic mass is 16.5. The van der Waals surface area contributed by atoms with Crippen LogP contribution in [0.15, 0.2) is 12.1 Å². The molecule has 0 aliphatic rings. The molecular formula is C14H23NO. The molecule has 0 bridgehead atoms. The second-order valence-corrected chi connectivity index (χ2v) is 4.48. The number of ether oxygens (including phenoxy) is 1. The number of benzene rings is 1. The van der Waals surface area contributed by atoms with Crippen LogP contribution in [0.4, 0.5) is 0 Å². The molecule has 1 aromatic rings.